The van der Waals surface area contributed by atoms with E-state index in [1.807, 2.05) is 20.0 Å². The lowest BCUT2D eigenvalue weighted by Gasteiger charge is -2.34. The molecule has 1 aromatic carbocycles. The van der Waals surface area contributed by atoms with Crippen LogP contribution < -0.4 is 10.6 Å². The summed E-state index contributed by atoms with van der Waals surface area (Å²) in [6.45, 7) is 3.48. The Morgan fingerprint density at radius 1 is 1.42 bits per heavy atom. The molecule has 0 radical (unpaired) electrons. The second-order valence-electron chi connectivity index (χ2n) is 5.37. The first-order valence-electron chi connectivity index (χ1n) is 6.93. The van der Waals surface area contributed by atoms with Gasteiger partial charge in [0, 0.05) is 43.6 Å². The molecule has 19 heavy (non-hydrogen) atoms. The summed E-state index contributed by atoms with van der Waals surface area (Å²) in [4.78, 5) is 2.18. The summed E-state index contributed by atoms with van der Waals surface area (Å²) < 4.78 is 19.4. The van der Waals surface area contributed by atoms with Crippen molar-refractivity contribution in [2.24, 2.45) is 5.73 Å². The number of hydrogen-bond acceptors (Lipinski definition) is 3. The fourth-order valence-corrected chi connectivity index (χ4v) is 2.67. The van der Waals surface area contributed by atoms with Crippen LogP contribution in [0.15, 0.2) is 18.2 Å². The molecule has 1 atom stereocenters. The maximum Gasteiger partial charge on any atom is 0.128 e. The molecule has 0 saturated carbocycles. The van der Waals surface area contributed by atoms with Gasteiger partial charge >= 0.3 is 0 Å². The summed E-state index contributed by atoms with van der Waals surface area (Å²) in [5.41, 5.74) is 7.53. The normalized spacial score (nSPS) is 18.3. The van der Waals surface area contributed by atoms with Gasteiger partial charge in [0.1, 0.15) is 5.82 Å². The second-order valence-corrected chi connectivity index (χ2v) is 5.37. The van der Waals surface area contributed by atoms with Crippen molar-refractivity contribution in [3.8, 4) is 0 Å². The molecule has 1 saturated heterocycles. The van der Waals surface area contributed by atoms with Crippen molar-refractivity contribution in [1.29, 1.82) is 0 Å². The molecule has 2 rings (SSSR count). The maximum absolute atomic E-state index is 14.0. The molecule has 1 aliphatic rings. The van der Waals surface area contributed by atoms with Gasteiger partial charge in [0.2, 0.25) is 0 Å². The van der Waals surface area contributed by atoms with Crippen LogP contribution in [-0.4, -0.2) is 32.3 Å². The van der Waals surface area contributed by atoms with Crippen LogP contribution in [0, 0.1) is 5.82 Å². The van der Waals surface area contributed by atoms with Gasteiger partial charge in [0.25, 0.3) is 0 Å². The third-order valence-corrected chi connectivity index (χ3v) is 3.74. The first-order valence-corrected chi connectivity index (χ1v) is 6.93. The summed E-state index contributed by atoms with van der Waals surface area (Å²) in [6.07, 6.45) is 2.55. The Bertz CT molecular complexity index is 417. The zero-order chi connectivity index (χ0) is 13.8. The van der Waals surface area contributed by atoms with E-state index in [1.54, 1.807) is 6.07 Å². The molecule has 0 aromatic heterocycles. The average molecular weight is 266 g/mol. The van der Waals surface area contributed by atoms with E-state index in [-0.39, 0.29) is 11.9 Å². The van der Waals surface area contributed by atoms with Gasteiger partial charge < -0.3 is 15.4 Å². The Hall–Kier alpha value is -1.13. The quantitative estimate of drug-likeness (QED) is 0.909. The van der Waals surface area contributed by atoms with E-state index in [9.17, 15) is 4.39 Å². The standard InChI is InChI=1S/C15H23FN2O/c1-11(17)10-13-14(16)4-3-5-15(13)18(2)12-6-8-19-9-7-12/h3-5,11-12H,6-10,17H2,1-2H3. The number of benzene rings is 1. The van der Waals surface area contributed by atoms with Gasteiger partial charge in [0.15, 0.2) is 0 Å². The number of hydrogen-bond donors (Lipinski definition) is 1. The molecule has 0 aliphatic carbocycles. The molecule has 0 amide bonds. The van der Waals surface area contributed by atoms with Crippen LogP contribution in [0.1, 0.15) is 25.3 Å². The minimum atomic E-state index is -0.159. The molecule has 0 bridgehead atoms. The highest BCUT2D eigenvalue weighted by atomic mass is 19.1. The van der Waals surface area contributed by atoms with Crippen LogP contribution in [0.4, 0.5) is 10.1 Å². The Kier molecular flexibility index (Phi) is 4.77. The molecule has 3 nitrogen and oxygen atoms in total. The highest BCUT2D eigenvalue weighted by Gasteiger charge is 2.22. The smallest absolute Gasteiger partial charge is 0.128 e. The summed E-state index contributed by atoms with van der Waals surface area (Å²) in [7, 11) is 2.04. The Labute approximate surface area is 114 Å². The van der Waals surface area contributed by atoms with Gasteiger partial charge in [-0.15, -0.1) is 0 Å². The van der Waals surface area contributed by atoms with Crippen LogP contribution in [0.5, 0.6) is 0 Å². The molecule has 4 heteroatoms. The summed E-state index contributed by atoms with van der Waals surface area (Å²) in [6, 6.07) is 5.64. The average Bonchev–Trinajstić information content (AvgIpc) is 2.41. The zero-order valence-electron chi connectivity index (χ0n) is 11.7. The number of nitrogens with two attached hydrogens (primary N) is 1. The molecule has 0 spiro atoms. The highest BCUT2D eigenvalue weighted by molar-refractivity contribution is 5.54. The lowest BCUT2D eigenvalue weighted by molar-refractivity contribution is 0.0854. The third kappa shape index (κ3) is 3.45. The first-order chi connectivity index (χ1) is 9.09. The topological polar surface area (TPSA) is 38.5 Å². The summed E-state index contributed by atoms with van der Waals surface area (Å²) >= 11 is 0. The van der Waals surface area contributed by atoms with Crippen molar-refractivity contribution in [3.63, 3.8) is 0 Å². The predicted molar refractivity (Wildman–Crippen MR) is 76.0 cm³/mol. The van der Waals surface area contributed by atoms with E-state index in [2.05, 4.69) is 4.90 Å². The predicted octanol–water partition coefficient (Wildman–Crippen LogP) is 2.33. The van der Waals surface area contributed by atoms with E-state index in [0.717, 1.165) is 37.3 Å². The van der Waals surface area contributed by atoms with Crippen LogP contribution in [-0.2, 0) is 11.2 Å². The first kappa shape index (κ1) is 14.3. The lowest BCUT2D eigenvalue weighted by atomic mass is 10.0. The van der Waals surface area contributed by atoms with Crippen LogP contribution in [0.25, 0.3) is 0 Å². The number of nitrogens with zero attached hydrogens (tertiary/aromatic N) is 1. The van der Waals surface area contributed by atoms with Crippen molar-refractivity contribution in [2.45, 2.75) is 38.3 Å². The van der Waals surface area contributed by atoms with Crippen LogP contribution in [0.3, 0.4) is 0 Å². The fraction of sp³-hybridized carbons (Fsp3) is 0.600. The Morgan fingerprint density at radius 3 is 2.74 bits per heavy atom. The minimum absolute atomic E-state index is 0.0428. The van der Waals surface area contributed by atoms with Crippen molar-refractivity contribution >= 4 is 5.69 Å². The molecule has 1 fully saturated rings. The number of ether oxygens (including phenoxy) is 1. The number of anilines is 1. The molecular weight excluding hydrogens is 243 g/mol. The minimum Gasteiger partial charge on any atom is -0.381 e. The molecule has 1 heterocycles. The van der Waals surface area contributed by atoms with E-state index in [1.165, 1.54) is 6.07 Å². The fourth-order valence-electron chi connectivity index (χ4n) is 2.67. The van der Waals surface area contributed by atoms with Crippen molar-refractivity contribution in [2.75, 3.05) is 25.2 Å². The van der Waals surface area contributed by atoms with Crippen LogP contribution in [0.2, 0.25) is 0 Å². The third-order valence-electron chi connectivity index (χ3n) is 3.74. The molecule has 106 valence electrons. The summed E-state index contributed by atoms with van der Waals surface area (Å²) in [5.74, 6) is -0.159. The second kappa shape index (κ2) is 6.35. The molecule has 2 N–H and O–H groups in total. The van der Waals surface area contributed by atoms with Crippen molar-refractivity contribution < 1.29 is 9.13 Å². The van der Waals surface area contributed by atoms with Crippen molar-refractivity contribution in [3.05, 3.63) is 29.6 Å². The monoisotopic (exact) mass is 266 g/mol. The van der Waals surface area contributed by atoms with Gasteiger partial charge in [-0.3, -0.25) is 0 Å². The van der Waals surface area contributed by atoms with Gasteiger partial charge in [-0.25, -0.2) is 4.39 Å². The number of halogens is 1. The van der Waals surface area contributed by atoms with Gasteiger partial charge in [0.05, 0.1) is 0 Å². The molecular formula is C15H23FN2O. The Morgan fingerprint density at radius 2 is 2.11 bits per heavy atom. The molecule has 1 aliphatic heterocycles. The zero-order valence-corrected chi connectivity index (χ0v) is 11.7. The van der Waals surface area contributed by atoms with Crippen LogP contribution >= 0.6 is 0 Å². The lowest BCUT2D eigenvalue weighted by Crippen LogP contribution is -2.37. The number of rotatable bonds is 4. The summed E-state index contributed by atoms with van der Waals surface area (Å²) in [5, 5.41) is 0. The highest BCUT2D eigenvalue weighted by Crippen LogP contribution is 2.27. The van der Waals surface area contributed by atoms with Gasteiger partial charge in [-0.05, 0) is 38.3 Å². The van der Waals surface area contributed by atoms with E-state index >= 15 is 0 Å². The molecule has 1 aromatic rings. The van der Waals surface area contributed by atoms with E-state index < -0.39 is 0 Å². The largest absolute Gasteiger partial charge is 0.381 e. The maximum atomic E-state index is 14.0. The van der Waals surface area contributed by atoms with E-state index in [4.69, 9.17) is 10.5 Å². The Balaban J connectivity index is 2.24. The molecule has 1 unspecified atom stereocenters. The SMILES string of the molecule is CC(N)Cc1c(F)cccc1N(C)C1CCOCC1. The van der Waals surface area contributed by atoms with Gasteiger partial charge in [-0.1, -0.05) is 6.07 Å². The van der Waals surface area contributed by atoms with Gasteiger partial charge in [-0.2, -0.15) is 0 Å². The van der Waals surface area contributed by atoms with E-state index in [0.29, 0.717) is 12.5 Å². The van der Waals surface area contributed by atoms with Crippen molar-refractivity contribution in [1.82, 2.24) is 0 Å².